The molecule has 1 heterocycles. The lowest BCUT2D eigenvalue weighted by atomic mass is 10.1. The van der Waals surface area contributed by atoms with Gasteiger partial charge in [0.25, 0.3) is 0 Å². The molecule has 0 spiro atoms. The molecule has 0 fully saturated rings. The van der Waals surface area contributed by atoms with Crippen LogP contribution in [0.15, 0.2) is 36.6 Å². The molecule has 1 N–H and O–H groups in total. The Labute approximate surface area is 130 Å². The summed E-state index contributed by atoms with van der Waals surface area (Å²) >= 11 is 1.83. The fourth-order valence-corrected chi connectivity index (χ4v) is 3.29. The van der Waals surface area contributed by atoms with E-state index in [0.29, 0.717) is 12.4 Å². The van der Waals surface area contributed by atoms with Gasteiger partial charge in [-0.15, -0.1) is 11.8 Å². The van der Waals surface area contributed by atoms with Gasteiger partial charge >= 0.3 is 0 Å². The zero-order chi connectivity index (χ0) is 15.1. The second-order valence-electron chi connectivity index (χ2n) is 4.93. The Morgan fingerprint density at radius 2 is 2.05 bits per heavy atom. The number of hydrogen-bond donors (Lipinski definition) is 1. The summed E-state index contributed by atoms with van der Waals surface area (Å²) in [5, 5.41) is 8.76. The lowest BCUT2D eigenvalue weighted by molar-refractivity contribution is 0.283. The topological polar surface area (TPSA) is 38.7 Å². The summed E-state index contributed by atoms with van der Waals surface area (Å²) in [6.45, 7) is 4.20. The van der Waals surface area contributed by atoms with Crippen LogP contribution in [-0.2, 0) is 0 Å². The van der Waals surface area contributed by atoms with Crippen molar-refractivity contribution in [1.29, 1.82) is 0 Å². The highest BCUT2D eigenvalue weighted by molar-refractivity contribution is 8.08. The molecule has 2 rings (SSSR count). The highest BCUT2D eigenvalue weighted by Gasteiger charge is 2.17. The predicted molar refractivity (Wildman–Crippen MR) is 88.8 cm³/mol. The molecule has 3 nitrogen and oxygen atoms in total. The van der Waals surface area contributed by atoms with Gasteiger partial charge in [-0.25, -0.2) is 0 Å². The van der Waals surface area contributed by atoms with E-state index in [0.717, 1.165) is 48.5 Å². The average molecular weight is 306 g/mol. The van der Waals surface area contributed by atoms with Crippen LogP contribution in [0.2, 0.25) is 0 Å². The number of allylic oxidation sites excluding steroid dienone is 1. The molecule has 21 heavy (non-hydrogen) atoms. The average Bonchev–Trinajstić information content (AvgIpc) is 2.49. The van der Waals surface area contributed by atoms with Crippen LogP contribution < -0.4 is 9.47 Å². The summed E-state index contributed by atoms with van der Waals surface area (Å²) in [5.74, 6) is 3.33. The van der Waals surface area contributed by atoms with Crippen molar-refractivity contribution in [3.8, 4) is 11.5 Å². The van der Waals surface area contributed by atoms with E-state index in [9.17, 15) is 0 Å². The van der Waals surface area contributed by atoms with Gasteiger partial charge in [0.05, 0.1) is 7.11 Å². The first kappa shape index (κ1) is 16.0. The van der Waals surface area contributed by atoms with Crippen molar-refractivity contribution >= 4 is 16.7 Å². The lowest BCUT2D eigenvalue weighted by Crippen LogP contribution is -2.01. The molecule has 1 aromatic carbocycles. The molecule has 0 unspecified atom stereocenters. The Morgan fingerprint density at radius 1 is 1.24 bits per heavy atom. The molecule has 0 saturated heterocycles. The molecular formula is C17H22O3S. The van der Waals surface area contributed by atoms with Crippen LogP contribution in [0, 0.1) is 0 Å². The van der Waals surface area contributed by atoms with Gasteiger partial charge in [0.15, 0.2) is 0 Å². The fourth-order valence-electron chi connectivity index (χ4n) is 2.18. The second kappa shape index (κ2) is 8.15. The summed E-state index contributed by atoms with van der Waals surface area (Å²) in [4.78, 5) is 1.20. The Balaban J connectivity index is 1.95. The zero-order valence-corrected chi connectivity index (χ0v) is 13.2. The first-order valence-corrected chi connectivity index (χ1v) is 8.23. The number of unbranched alkanes of at least 4 members (excludes halogenated alkanes) is 3. The van der Waals surface area contributed by atoms with Crippen molar-refractivity contribution in [2.24, 2.45) is 0 Å². The summed E-state index contributed by atoms with van der Waals surface area (Å²) < 4.78 is 10.9. The Kier molecular flexibility index (Phi) is 6.21. The van der Waals surface area contributed by atoms with Gasteiger partial charge in [0.1, 0.15) is 17.3 Å². The third-order valence-corrected chi connectivity index (χ3v) is 4.44. The minimum Gasteiger partial charge on any atom is -0.497 e. The molecule has 4 heteroatoms. The first-order chi connectivity index (χ1) is 10.2. The molecule has 1 aliphatic heterocycles. The molecule has 1 aromatic rings. The molecular weight excluding hydrogens is 284 g/mol. The summed E-state index contributed by atoms with van der Waals surface area (Å²) in [7, 11) is 1.65. The van der Waals surface area contributed by atoms with Crippen molar-refractivity contribution < 1.29 is 14.6 Å². The van der Waals surface area contributed by atoms with Crippen molar-refractivity contribution in [1.82, 2.24) is 0 Å². The smallest absolute Gasteiger partial charge is 0.139 e. The van der Waals surface area contributed by atoms with Crippen molar-refractivity contribution in [2.75, 3.05) is 19.5 Å². The number of aliphatic hydroxyl groups is 1. The highest BCUT2D eigenvalue weighted by atomic mass is 32.2. The first-order valence-electron chi connectivity index (χ1n) is 7.25. The summed E-state index contributed by atoms with van der Waals surface area (Å²) in [6, 6.07) is 5.88. The normalized spacial score (nSPS) is 13.4. The van der Waals surface area contributed by atoms with Gasteiger partial charge in [-0.1, -0.05) is 19.4 Å². The number of ether oxygens (including phenoxy) is 2. The molecule has 1 aliphatic rings. The summed E-state index contributed by atoms with van der Waals surface area (Å²) in [6.07, 6.45) is 6.31. The van der Waals surface area contributed by atoms with Crippen LogP contribution in [-0.4, -0.2) is 24.6 Å². The van der Waals surface area contributed by atoms with Crippen LogP contribution in [0.25, 0.3) is 4.91 Å². The summed E-state index contributed by atoms with van der Waals surface area (Å²) in [5.41, 5.74) is 1.10. The Hall–Kier alpha value is -1.39. The van der Waals surface area contributed by atoms with E-state index in [2.05, 4.69) is 6.58 Å². The fraction of sp³-hybridized carbons (Fsp3) is 0.412. The minimum atomic E-state index is 0.296. The maximum Gasteiger partial charge on any atom is 0.139 e. The number of hydrogen-bond acceptors (Lipinski definition) is 4. The van der Waals surface area contributed by atoms with Gasteiger partial charge in [0, 0.05) is 23.1 Å². The molecule has 0 aromatic heterocycles. The predicted octanol–water partition coefficient (Wildman–Crippen LogP) is 4.23. The molecule has 0 radical (unpaired) electrons. The standard InChI is InChI=1S/C17H22O3S/c1-13-11-17(21-10-6-4-3-5-9-18)15-8-7-14(19-2)12-16(15)20-13/h7-8,11-12,18H,1,3-6,9-10H2,2H3. The van der Waals surface area contributed by atoms with Crippen LogP contribution in [0.5, 0.6) is 11.5 Å². The van der Waals surface area contributed by atoms with Gasteiger partial charge < -0.3 is 14.6 Å². The monoisotopic (exact) mass is 306 g/mol. The number of aliphatic hydroxyl groups excluding tert-OH is 1. The number of benzene rings is 1. The number of fused-ring (bicyclic) bond motifs is 1. The minimum absolute atomic E-state index is 0.296. The number of rotatable bonds is 8. The van der Waals surface area contributed by atoms with Crippen molar-refractivity contribution in [3.63, 3.8) is 0 Å². The largest absolute Gasteiger partial charge is 0.497 e. The van der Waals surface area contributed by atoms with E-state index in [4.69, 9.17) is 14.6 Å². The third kappa shape index (κ3) is 4.55. The molecule has 0 amide bonds. The van der Waals surface area contributed by atoms with Crippen LogP contribution >= 0.6 is 11.8 Å². The van der Waals surface area contributed by atoms with Crippen molar-refractivity contribution in [2.45, 2.75) is 25.7 Å². The number of thioether (sulfide) groups is 1. The molecule has 0 atom stereocenters. The maximum absolute atomic E-state index is 8.76. The van der Waals surface area contributed by atoms with E-state index in [1.54, 1.807) is 7.11 Å². The SMILES string of the molecule is C=C1C=C(SCCCCCCO)c2ccc(OC)cc2O1. The third-order valence-electron chi connectivity index (χ3n) is 3.30. The molecule has 114 valence electrons. The highest BCUT2D eigenvalue weighted by Crippen LogP contribution is 2.41. The quantitative estimate of drug-likeness (QED) is 0.730. The molecule has 0 bridgehead atoms. The van der Waals surface area contributed by atoms with Crippen LogP contribution in [0.3, 0.4) is 0 Å². The number of methoxy groups -OCH3 is 1. The van der Waals surface area contributed by atoms with E-state index in [1.165, 1.54) is 4.91 Å². The zero-order valence-electron chi connectivity index (χ0n) is 12.4. The van der Waals surface area contributed by atoms with Gasteiger partial charge in [-0.05, 0) is 36.8 Å². The Morgan fingerprint density at radius 3 is 2.81 bits per heavy atom. The van der Waals surface area contributed by atoms with Gasteiger partial charge in [0.2, 0.25) is 0 Å². The molecule has 0 saturated carbocycles. The van der Waals surface area contributed by atoms with Crippen molar-refractivity contribution in [3.05, 3.63) is 42.2 Å². The molecule has 0 aliphatic carbocycles. The Bertz CT molecular complexity index is 523. The van der Waals surface area contributed by atoms with Crippen LogP contribution in [0.4, 0.5) is 0 Å². The van der Waals surface area contributed by atoms with E-state index in [-0.39, 0.29) is 0 Å². The lowest BCUT2D eigenvalue weighted by Gasteiger charge is -2.20. The van der Waals surface area contributed by atoms with E-state index in [1.807, 2.05) is 36.0 Å². The van der Waals surface area contributed by atoms with Gasteiger partial charge in [-0.3, -0.25) is 0 Å². The van der Waals surface area contributed by atoms with Crippen LogP contribution in [0.1, 0.15) is 31.2 Å². The van der Waals surface area contributed by atoms with Gasteiger partial charge in [-0.2, -0.15) is 0 Å². The maximum atomic E-state index is 8.76. The van der Waals surface area contributed by atoms with E-state index < -0.39 is 0 Å². The van der Waals surface area contributed by atoms with E-state index >= 15 is 0 Å². The second-order valence-corrected chi connectivity index (χ2v) is 6.06.